The third kappa shape index (κ3) is 3.01. The lowest BCUT2D eigenvalue weighted by atomic mass is 10.1. The molecule has 2 rings (SSSR count). The van der Waals surface area contributed by atoms with Gasteiger partial charge in [0, 0.05) is 10.0 Å². The number of carbonyl (C=O) groups excluding carboxylic acids is 1. The van der Waals surface area contributed by atoms with Crippen LogP contribution in [0.3, 0.4) is 0 Å². The van der Waals surface area contributed by atoms with E-state index in [2.05, 4.69) is 31.4 Å². The number of H-pyrrole nitrogens is 1. The van der Waals surface area contributed by atoms with Crippen molar-refractivity contribution in [1.29, 1.82) is 0 Å². The molecule has 4 nitrogen and oxygen atoms in total. The third-order valence-corrected chi connectivity index (χ3v) is 3.09. The molecule has 0 atom stereocenters. The van der Waals surface area contributed by atoms with Gasteiger partial charge in [0.15, 0.2) is 0 Å². The van der Waals surface area contributed by atoms with Gasteiger partial charge in [-0.05, 0) is 25.1 Å². The normalized spacial score (nSPS) is 11.4. The van der Waals surface area contributed by atoms with Crippen molar-refractivity contribution in [2.75, 3.05) is 5.32 Å². The van der Waals surface area contributed by atoms with E-state index in [9.17, 15) is 18.0 Å². The first-order chi connectivity index (χ1) is 9.29. The highest BCUT2D eigenvalue weighted by Crippen LogP contribution is 2.34. The number of carbonyl (C=O) groups is 1. The van der Waals surface area contributed by atoms with Gasteiger partial charge in [-0.1, -0.05) is 15.9 Å². The van der Waals surface area contributed by atoms with E-state index in [1.54, 1.807) is 6.92 Å². The van der Waals surface area contributed by atoms with E-state index in [0.717, 1.165) is 12.1 Å². The molecule has 2 N–H and O–H groups in total. The lowest BCUT2D eigenvalue weighted by Crippen LogP contribution is -2.19. The molecule has 1 aromatic heterocycles. The fraction of sp³-hybridized carbons (Fsp3) is 0.167. The molecule has 0 saturated carbocycles. The lowest BCUT2D eigenvalue weighted by molar-refractivity contribution is -0.137. The third-order valence-electron chi connectivity index (χ3n) is 2.60. The van der Waals surface area contributed by atoms with Gasteiger partial charge in [0.05, 0.1) is 17.3 Å². The van der Waals surface area contributed by atoms with E-state index >= 15 is 0 Å². The van der Waals surface area contributed by atoms with Gasteiger partial charge in [-0.25, -0.2) is 0 Å². The molecular formula is C12H9BrF3N3O. The van der Waals surface area contributed by atoms with Crippen LogP contribution in [0.25, 0.3) is 0 Å². The molecule has 0 bridgehead atoms. The molecule has 0 saturated heterocycles. The lowest BCUT2D eigenvalue weighted by Gasteiger charge is -2.13. The summed E-state index contributed by atoms with van der Waals surface area (Å²) < 4.78 is 39.0. The average molecular weight is 348 g/mol. The molecule has 106 valence electrons. The molecule has 8 heteroatoms. The molecular weight excluding hydrogens is 339 g/mol. The number of amides is 1. The Hall–Kier alpha value is -1.83. The van der Waals surface area contributed by atoms with Crippen LogP contribution in [0.2, 0.25) is 0 Å². The van der Waals surface area contributed by atoms with Crippen LogP contribution in [-0.2, 0) is 6.18 Å². The number of halogens is 4. The molecule has 20 heavy (non-hydrogen) atoms. The monoisotopic (exact) mass is 347 g/mol. The van der Waals surface area contributed by atoms with Gasteiger partial charge in [-0.3, -0.25) is 9.89 Å². The number of aryl methyl sites for hydroxylation is 1. The number of hydrogen-bond donors (Lipinski definition) is 2. The first-order valence-electron chi connectivity index (χ1n) is 5.47. The van der Waals surface area contributed by atoms with Crippen LogP contribution < -0.4 is 5.32 Å². The number of anilines is 1. The van der Waals surface area contributed by atoms with E-state index < -0.39 is 23.2 Å². The largest absolute Gasteiger partial charge is 0.417 e. The molecule has 0 aliphatic carbocycles. The van der Waals surface area contributed by atoms with Crippen LogP contribution in [0.5, 0.6) is 0 Å². The second-order valence-corrected chi connectivity index (χ2v) is 4.99. The highest BCUT2D eigenvalue weighted by Gasteiger charge is 2.35. The molecule has 1 amide bonds. The summed E-state index contributed by atoms with van der Waals surface area (Å²) in [7, 11) is 0. The number of aromatic nitrogens is 2. The van der Waals surface area contributed by atoms with Crippen molar-refractivity contribution >= 4 is 27.7 Å². The fourth-order valence-corrected chi connectivity index (χ4v) is 1.96. The van der Waals surface area contributed by atoms with Crippen molar-refractivity contribution in [2.24, 2.45) is 0 Å². The Bertz CT molecular complexity index is 652. The molecule has 1 aromatic carbocycles. The first kappa shape index (κ1) is 14.6. The predicted molar refractivity (Wildman–Crippen MR) is 70.4 cm³/mol. The van der Waals surface area contributed by atoms with Gasteiger partial charge in [-0.2, -0.15) is 18.3 Å². The van der Waals surface area contributed by atoms with Crippen LogP contribution in [0.4, 0.5) is 19.0 Å². The van der Waals surface area contributed by atoms with Gasteiger partial charge in [0.25, 0.3) is 5.91 Å². The SMILES string of the molecule is Cc1cn[nH]c1NC(=O)c1ccc(Br)cc1C(F)(F)F. The van der Waals surface area contributed by atoms with E-state index in [1.165, 1.54) is 12.3 Å². The molecule has 0 fully saturated rings. The van der Waals surface area contributed by atoms with E-state index in [4.69, 9.17) is 0 Å². The Kier molecular flexibility index (Phi) is 3.85. The molecule has 0 aliphatic heterocycles. The van der Waals surface area contributed by atoms with Gasteiger partial charge < -0.3 is 5.32 Å². The Morgan fingerprint density at radius 1 is 1.40 bits per heavy atom. The highest BCUT2D eigenvalue weighted by molar-refractivity contribution is 9.10. The topological polar surface area (TPSA) is 57.8 Å². The van der Waals surface area contributed by atoms with Crippen molar-refractivity contribution in [3.05, 3.63) is 45.6 Å². The van der Waals surface area contributed by atoms with Gasteiger partial charge in [0.2, 0.25) is 0 Å². The minimum Gasteiger partial charge on any atom is -0.307 e. The molecule has 1 heterocycles. The second-order valence-electron chi connectivity index (χ2n) is 4.07. The number of alkyl halides is 3. The van der Waals surface area contributed by atoms with Crippen LogP contribution in [-0.4, -0.2) is 16.1 Å². The first-order valence-corrected chi connectivity index (χ1v) is 6.26. The van der Waals surface area contributed by atoms with E-state index in [1.807, 2.05) is 0 Å². The zero-order valence-corrected chi connectivity index (χ0v) is 11.8. The maximum absolute atomic E-state index is 12.9. The summed E-state index contributed by atoms with van der Waals surface area (Å²) >= 11 is 2.96. The fourth-order valence-electron chi connectivity index (χ4n) is 1.60. The number of benzene rings is 1. The van der Waals surface area contributed by atoms with Gasteiger partial charge in [-0.15, -0.1) is 0 Å². The smallest absolute Gasteiger partial charge is 0.307 e. The van der Waals surface area contributed by atoms with Crippen molar-refractivity contribution in [2.45, 2.75) is 13.1 Å². The number of hydrogen-bond acceptors (Lipinski definition) is 2. The number of aromatic amines is 1. The highest BCUT2D eigenvalue weighted by atomic mass is 79.9. The summed E-state index contributed by atoms with van der Waals surface area (Å²) in [5.41, 5.74) is -0.819. The Morgan fingerprint density at radius 2 is 2.10 bits per heavy atom. The second kappa shape index (κ2) is 5.28. The summed E-state index contributed by atoms with van der Waals surface area (Å²) in [4.78, 5) is 12.0. The summed E-state index contributed by atoms with van der Waals surface area (Å²) in [5.74, 6) is -0.580. The Morgan fingerprint density at radius 3 is 2.65 bits per heavy atom. The molecule has 0 aliphatic rings. The van der Waals surface area contributed by atoms with Crippen LogP contribution in [0.1, 0.15) is 21.5 Å². The molecule has 0 spiro atoms. The summed E-state index contributed by atoms with van der Waals surface area (Å²) in [6, 6.07) is 3.37. The van der Waals surface area contributed by atoms with E-state index in [-0.39, 0.29) is 10.3 Å². The van der Waals surface area contributed by atoms with Gasteiger partial charge >= 0.3 is 6.18 Å². The maximum atomic E-state index is 12.9. The molecule has 0 unspecified atom stereocenters. The zero-order valence-electron chi connectivity index (χ0n) is 10.2. The standard InChI is InChI=1S/C12H9BrF3N3O/c1-6-5-17-19-10(6)18-11(20)8-3-2-7(13)4-9(8)12(14,15)16/h2-5H,1H3,(H2,17,18,19,20). The molecule has 2 aromatic rings. The summed E-state index contributed by atoms with van der Waals surface area (Å²) in [6.07, 6.45) is -3.15. The van der Waals surface area contributed by atoms with Crippen LogP contribution in [0.15, 0.2) is 28.9 Å². The van der Waals surface area contributed by atoms with Crippen molar-refractivity contribution in [3.8, 4) is 0 Å². The quantitative estimate of drug-likeness (QED) is 0.869. The van der Waals surface area contributed by atoms with Crippen molar-refractivity contribution in [1.82, 2.24) is 10.2 Å². The molecule has 0 radical (unpaired) electrons. The number of rotatable bonds is 2. The average Bonchev–Trinajstić information content (AvgIpc) is 2.73. The summed E-state index contributed by atoms with van der Waals surface area (Å²) in [5, 5.41) is 8.55. The number of nitrogens with one attached hydrogen (secondary N) is 2. The Balaban J connectivity index is 2.37. The van der Waals surface area contributed by atoms with Crippen molar-refractivity contribution < 1.29 is 18.0 Å². The predicted octanol–water partition coefficient (Wildman–Crippen LogP) is 3.75. The van der Waals surface area contributed by atoms with Crippen molar-refractivity contribution in [3.63, 3.8) is 0 Å². The van der Waals surface area contributed by atoms with Crippen LogP contribution in [0, 0.1) is 6.92 Å². The number of nitrogens with zero attached hydrogens (tertiary/aromatic N) is 1. The maximum Gasteiger partial charge on any atom is 0.417 e. The van der Waals surface area contributed by atoms with E-state index in [0.29, 0.717) is 5.56 Å². The minimum atomic E-state index is -4.61. The van der Waals surface area contributed by atoms with Crippen LogP contribution >= 0.6 is 15.9 Å². The van der Waals surface area contributed by atoms with Gasteiger partial charge in [0.1, 0.15) is 5.82 Å². The summed E-state index contributed by atoms with van der Waals surface area (Å²) in [6.45, 7) is 1.67. The minimum absolute atomic E-state index is 0.249. The zero-order chi connectivity index (χ0) is 14.9. The Labute approximate surface area is 120 Å².